The van der Waals surface area contributed by atoms with Crippen LogP contribution in [-0.4, -0.2) is 43.1 Å². The first-order valence-corrected chi connectivity index (χ1v) is 6.86. The summed E-state index contributed by atoms with van der Waals surface area (Å²) in [4.78, 5) is 4.28. The molecule has 0 aromatic carbocycles. The number of rotatable bonds is 7. The maximum absolute atomic E-state index is 11.8. The van der Waals surface area contributed by atoms with Gasteiger partial charge >= 0.3 is 0 Å². The van der Waals surface area contributed by atoms with Crippen molar-refractivity contribution in [1.82, 2.24) is 5.32 Å². The van der Waals surface area contributed by atoms with Crippen molar-refractivity contribution in [2.45, 2.75) is 32.7 Å². The lowest BCUT2D eigenvalue weighted by Crippen LogP contribution is -2.28. The highest BCUT2D eigenvalue weighted by atomic mass is 32.2. The van der Waals surface area contributed by atoms with E-state index in [1.807, 2.05) is 0 Å². The molecule has 1 rings (SSSR count). The Morgan fingerprint density at radius 3 is 2.94 bits per heavy atom. The minimum absolute atomic E-state index is 0.255. The van der Waals surface area contributed by atoms with E-state index in [0.29, 0.717) is 18.5 Å². The fourth-order valence-electron chi connectivity index (χ4n) is 1.61. The van der Waals surface area contributed by atoms with E-state index in [0.717, 1.165) is 17.3 Å². The van der Waals surface area contributed by atoms with Gasteiger partial charge in [-0.05, 0) is 12.3 Å². The number of amidine groups is 1. The number of nitrogens with one attached hydrogen (secondary N) is 1. The van der Waals surface area contributed by atoms with Crippen molar-refractivity contribution in [2.24, 2.45) is 10.9 Å². The summed E-state index contributed by atoms with van der Waals surface area (Å²) in [5, 5.41) is 4.24. The van der Waals surface area contributed by atoms with Gasteiger partial charge in [-0.25, -0.2) is 8.78 Å². The van der Waals surface area contributed by atoms with Gasteiger partial charge in [0.15, 0.2) is 5.17 Å². The van der Waals surface area contributed by atoms with E-state index in [4.69, 9.17) is 4.74 Å². The van der Waals surface area contributed by atoms with Gasteiger partial charge in [0.2, 0.25) is 0 Å². The van der Waals surface area contributed by atoms with Crippen LogP contribution in [0, 0.1) is 5.92 Å². The Morgan fingerprint density at radius 1 is 1.53 bits per heavy atom. The minimum Gasteiger partial charge on any atom is -0.374 e. The molecule has 1 unspecified atom stereocenters. The molecule has 0 aromatic rings. The number of thioether (sulfide) groups is 1. The van der Waals surface area contributed by atoms with Crippen LogP contribution < -0.4 is 5.32 Å². The largest absolute Gasteiger partial charge is 0.374 e. The summed E-state index contributed by atoms with van der Waals surface area (Å²) in [6.07, 6.45) is -1.26. The van der Waals surface area contributed by atoms with Gasteiger partial charge in [-0.3, -0.25) is 4.99 Å². The van der Waals surface area contributed by atoms with Crippen molar-refractivity contribution >= 4 is 16.9 Å². The number of hydrogen-bond donors (Lipinski definition) is 1. The second kappa shape index (κ2) is 7.87. The van der Waals surface area contributed by atoms with E-state index in [1.165, 1.54) is 0 Å². The first-order chi connectivity index (χ1) is 8.08. The first-order valence-electron chi connectivity index (χ1n) is 5.87. The topological polar surface area (TPSA) is 33.6 Å². The third-order valence-corrected chi connectivity index (χ3v) is 3.33. The Hall–Kier alpha value is -0.360. The molecule has 1 aliphatic rings. The van der Waals surface area contributed by atoms with E-state index in [1.54, 1.807) is 11.8 Å². The van der Waals surface area contributed by atoms with Crippen molar-refractivity contribution in [2.75, 3.05) is 25.5 Å². The second-order valence-electron chi connectivity index (χ2n) is 4.43. The molecule has 100 valence electrons. The van der Waals surface area contributed by atoms with E-state index in [-0.39, 0.29) is 6.61 Å². The van der Waals surface area contributed by atoms with E-state index < -0.39 is 13.0 Å². The van der Waals surface area contributed by atoms with Gasteiger partial charge in [0.1, 0.15) is 6.61 Å². The zero-order valence-corrected chi connectivity index (χ0v) is 11.1. The summed E-state index contributed by atoms with van der Waals surface area (Å²) in [6, 6.07) is 0.487. The number of aliphatic imine (C=N–C) groups is 1. The Kier molecular flexibility index (Phi) is 6.80. The quantitative estimate of drug-likeness (QED) is 0.718. The molecule has 1 atom stereocenters. The van der Waals surface area contributed by atoms with Crippen molar-refractivity contribution < 1.29 is 13.5 Å². The molecule has 0 spiro atoms. The lowest BCUT2D eigenvalue weighted by atomic mass is 10.1. The highest BCUT2D eigenvalue weighted by Crippen LogP contribution is 2.18. The second-order valence-corrected chi connectivity index (χ2v) is 5.44. The van der Waals surface area contributed by atoms with E-state index in [9.17, 15) is 8.78 Å². The molecule has 1 saturated heterocycles. The fraction of sp³-hybridized carbons (Fsp3) is 0.909. The van der Waals surface area contributed by atoms with Crippen molar-refractivity contribution in [3.05, 3.63) is 0 Å². The Bertz CT molecular complexity index is 250. The van der Waals surface area contributed by atoms with Gasteiger partial charge in [-0.1, -0.05) is 25.6 Å². The monoisotopic (exact) mass is 266 g/mol. The summed E-state index contributed by atoms with van der Waals surface area (Å²) in [7, 11) is 0. The molecule has 0 saturated carbocycles. The average molecular weight is 266 g/mol. The number of halogens is 2. The molecular weight excluding hydrogens is 246 g/mol. The van der Waals surface area contributed by atoms with Gasteiger partial charge in [0, 0.05) is 11.8 Å². The average Bonchev–Trinajstić information content (AvgIpc) is 2.63. The Labute approximate surface area is 105 Å². The number of ether oxygens (including phenoxy) is 1. The summed E-state index contributed by atoms with van der Waals surface area (Å²) >= 11 is 1.69. The maximum atomic E-state index is 11.8. The Morgan fingerprint density at radius 2 is 2.29 bits per heavy atom. The first kappa shape index (κ1) is 14.7. The fourth-order valence-corrected chi connectivity index (χ4v) is 2.62. The van der Waals surface area contributed by atoms with E-state index >= 15 is 0 Å². The zero-order chi connectivity index (χ0) is 12.7. The molecule has 0 radical (unpaired) electrons. The Balaban J connectivity index is 2.11. The molecule has 6 heteroatoms. The van der Waals surface area contributed by atoms with Gasteiger partial charge in [-0.2, -0.15) is 0 Å². The maximum Gasteiger partial charge on any atom is 0.261 e. The SMILES string of the molecule is CC(C)CC1CSC(=NCCOCC(F)F)N1. The van der Waals surface area contributed by atoms with E-state index in [2.05, 4.69) is 24.2 Å². The molecule has 0 aliphatic carbocycles. The van der Waals surface area contributed by atoms with Gasteiger partial charge in [0.25, 0.3) is 6.43 Å². The van der Waals surface area contributed by atoms with Crippen molar-refractivity contribution in [3.8, 4) is 0 Å². The van der Waals surface area contributed by atoms with Crippen LogP contribution in [0.5, 0.6) is 0 Å². The molecule has 0 amide bonds. The lowest BCUT2D eigenvalue weighted by molar-refractivity contribution is 0.0207. The minimum atomic E-state index is -2.39. The third-order valence-electron chi connectivity index (χ3n) is 2.24. The predicted molar refractivity (Wildman–Crippen MR) is 68.0 cm³/mol. The van der Waals surface area contributed by atoms with Crippen LogP contribution in [-0.2, 0) is 4.74 Å². The van der Waals surface area contributed by atoms with Gasteiger partial charge in [0.05, 0.1) is 13.2 Å². The van der Waals surface area contributed by atoms with Crippen LogP contribution in [0.15, 0.2) is 4.99 Å². The molecule has 1 fully saturated rings. The van der Waals surface area contributed by atoms with Crippen LogP contribution in [0.2, 0.25) is 0 Å². The third kappa shape index (κ3) is 6.83. The normalized spacial score (nSPS) is 22.7. The van der Waals surface area contributed by atoms with Crippen LogP contribution in [0.25, 0.3) is 0 Å². The summed E-state index contributed by atoms with van der Waals surface area (Å²) in [6.45, 7) is 4.59. The smallest absolute Gasteiger partial charge is 0.261 e. The molecule has 3 nitrogen and oxygen atoms in total. The number of hydrogen-bond acceptors (Lipinski definition) is 3. The molecule has 1 heterocycles. The molecule has 0 bridgehead atoms. The molecule has 1 aliphatic heterocycles. The highest BCUT2D eigenvalue weighted by Gasteiger charge is 2.20. The molecule has 17 heavy (non-hydrogen) atoms. The van der Waals surface area contributed by atoms with Crippen LogP contribution in [0.4, 0.5) is 8.78 Å². The summed E-state index contributed by atoms with van der Waals surface area (Å²) in [5.74, 6) is 1.70. The van der Waals surface area contributed by atoms with Gasteiger partial charge in [-0.15, -0.1) is 0 Å². The van der Waals surface area contributed by atoms with Crippen LogP contribution in [0.3, 0.4) is 0 Å². The summed E-state index contributed by atoms with van der Waals surface area (Å²) < 4.78 is 28.3. The number of alkyl halides is 2. The lowest BCUT2D eigenvalue weighted by Gasteiger charge is -2.11. The zero-order valence-electron chi connectivity index (χ0n) is 10.3. The molecular formula is C11H20F2N2OS. The molecule has 1 N–H and O–H groups in total. The van der Waals surface area contributed by atoms with Crippen molar-refractivity contribution in [1.29, 1.82) is 0 Å². The molecule has 0 aromatic heterocycles. The number of nitrogens with zero attached hydrogens (tertiary/aromatic N) is 1. The summed E-state index contributed by atoms with van der Waals surface area (Å²) in [5.41, 5.74) is 0. The van der Waals surface area contributed by atoms with Crippen LogP contribution in [0.1, 0.15) is 20.3 Å². The highest BCUT2D eigenvalue weighted by molar-refractivity contribution is 8.14. The standard InChI is InChI=1S/C11H20F2N2OS/c1-8(2)5-9-7-17-11(15-9)14-3-4-16-6-10(12)13/h8-10H,3-7H2,1-2H3,(H,14,15). The van der Waals surface area contributed by atoms with Gasteiger partial charge < -0.3 is 10.1 Å². The van der Waals surface area contributed by atoms with Crippen molar-refractivity contribution in [3.63, 3.8) is 0 Å². The predicted octanol–water partition coefficient (Wildman–Crippen LogP) is 2.38. The van der Waals surface area contributed by atoms with Crippen LogP contribution >= 0.6 is 11.8 Å².